The van der Waals surface area contributed by atoms with E-state index in [1.54, 1.807) is 0 Å². The second kappa shape index (κ2) is 8.02. The molecular weight excluding hydrogens is 210 g/mol. The summed E-state index contributed by atoms with van der Waals surface area (Å²) in [5.74, 6) is 0.301. The van der Waals surface area contributed by atoms with Crippen LogP contribution < -0.4 is 0 Å². The largest absolute Gasteiger partial charge is 0.299 e. The van der Waals surface area contributed by atoms with Crippen LogP contribution in [0.1, 0.15) is 31.7 Å². The lowest BCUT2D eigenvalue weighted by Gasteiger charge is -2.15. The number of nitrogens with zero attached hydrogens (tertiary/aromatic N) is 1. The van der Waals surface area contributed by atoms with E-state index in [1.807, 2.05) is 37.4 Å². The summed E-state index contributed by atoms with van der Waals surface area (Å²) in [4.78, 5) is 13.9. The number of unbranched alkanes of at least 4 members (excludes halogenated alkanes) is 2. The van der Waals surface area contributed by atoms with Gasteiger partial charge in [-0.25, -0.2) is 0 Å². The van der Waals surface area contributed by atoms with Gasteiger partial charge in [-0.1, -0.05) is 50.1 Å². The highest BCUT2D eigenvalue weighted by molar-refractivity contribution is 5.82. The Morgan fingerprint density at radius 2 is 1.88 bits per heavy atom. The third-order valence-electron chi connectivity index (χ3n) is 2.83. The number of likely N-dealkylation sites (N-methyl/N-ethyl adjacent to an activating group) is 1. The predicted molar refractivity (Wildman–Crippen MR) is 72.2 cm³/mol. The Morgan fingerprint density at radius 1 is 1.18 bits per heavy atom. The van der Waals surface area contributed by atoms with Crippen LogP contribution in [0, 0.1) is 0 Å². The van der Waals surface area contributed by atoms with Gasteiger partial charge < -0.3 is 0 Å². The van der Waals surface area contributed by atoms with Gasteiger partial charge in [0.05, 0.1) is 6.54 Å². The Labute approximate surface area is 105 Å². The number of benzene rings is 1. The molecule has 17 heavy (non-hydrogen) atoms. The van der Waals surface area contributed by atoms with Crippen molar-refractivity contribution in [3.05, 3.63) is 35.9 Å². The summed E-state index contributed by atoms with van der Waals surface area (Å²) < 4.78 is 0. The molecule has 0 heterocycles. The smallest absolute Gasteiger partial charge is 0.151 e. The van der Waals surface area contributed by atoms with Gasteiger partial charge in [0, 0.05) is 6.42 Å². The molecule has 1 aromatic rings. The molecule has 0 aliphatic heterocycles. The van der Waals surface area contributed by atoms with E-state index in [2.05, 4.69) is 11.8 Å². The minimum atomic E-state index is 0.301. The number of ketones is 1. The van der Waals surface area contributed by atoms with Crippen LogP contribution in [0.25, 0.3) is 0 Å². The first-order chi connectivity index (χ1) is 8.22. The molecule has 0 bridgehead atoms. The summed E-state index contributed by atoms with van der Waals surface area (Å²) in [7, 11) is 2.03. The van der Waals surface area contributed by atoms with Gasteiger partial charge >= 0.3 is 0 Å². The highest BCUT2D eigenvalue weighted by Crippen LogP contribution is 2.02. The lowest BCUT2D eigenvalue weighted by Crippen LogP contribution is -2.27. The number of hydrogen-bond donors (Lipinski definition) is 0. The third kappa shape index (κ3) is 6.22. The Hall–Kier alpha value is -1.15. The van der Waals surface area contributed by atoms with E-state index in [0.717, 1.165) is 12.1 Å². The SMILES string of the molecule is CCCCCN(C)CC(=O)Cc1ccccc1. The third-order valence-corrected chi connectivity index (χ3v) is 2.83. The van der Waals surface area contributed by atoms with Gasteiger partial charge in [0.2, 0.25) is 0 Å². The summed E-state index contributed by atoms with van der Waals surface area (Å²) in [5.41, 5.74) is 1.11. The van der Waals surface area contributed by atoms with Crippen molar-refractivity contribution >= 4 is 5.78 Å². The highest BCUT2D eigenvalue weighted by Gasteiger charge is 2.06. The molecule has 0 atom stereocenters. The highest BCUT2D eigenvalue weighted by atomic mass is 16.1. The summed E-state index contributed by atoms with van der Waals surface area (Å²) in [6.45, 7) is 3.79. The van der Waals surface area contributed by atoms with E-state index in [0.29, 0.717) is 18.7 Å². The number of Topliss-reactive ketones (excluding diaryl/α,β-unsaturated/α-hetero) is 1. The van der Waals surface area contributed by atoms with Crippen LogP contribution in [0.3, 0.4) is 0 Å². The van der Waals surface area contributed by atoms with Gasteiger partial charge in [-0.3, -0.25) is 9.69 Å². The van der Waals surface area contributed by atoms with Crippen molar-refractivity contribution < 1.29 is 4.79 Å². The maximum Gasteiger partial charge on any atom is 0.151 e. The van der Waals surface area contributed by atoms with E-state index in [4.69, 9.17) is 0 Å². The van der Waals surface area contributed by atoms with Crippen molar-refractivity contribution in [2.75, 3.05) is 20.1 Å². The molecule has 0 saturated heterocycles. The van der Waals surface area contributed by atoms with Crippen LogP contribution in [-0.2, 0) is 11.2 Å². The number of carbonyl (C=O) groups excluding carboxylic acids is 1. The van der Waals surface area contributed by atoms with Crippen LogP contribution >= 0.6 is 0 Å². The van der Waals surface area contributed by atoms with Crippen LogP contribution in [0.4, 0.5) is 0 Å². The molecule has 94 valence electrons. The zero-order valence-electron chi connectivity index (χ0n) is 11.0. The van der Waals surface area contributed by atoms with Crippen LogP contribution in [0.5, 0.6) is 0 Å². The molecule has 2 heteroatoms. The molecule has 0 aliphatic rings. The fraction of sp³-hybridized carbons (Fsp3) is 0.533. The average molecular weight is 233 g/mol. The molecule has 1 aromatic carbocycles. The summed E-state index contributed by atoms with van der Waals surface area (Å²) in [5, 5.41) is 0. The molecule has 0 radical (unpaired) electrons. The minimum absolute atomic E-state index is 0.301. The molecule has 0 spiro atoms. The number of carbonyl (C=O) groups is 1. The van der Waals surface area contributed by atoms with Crippen LogP contribution in [0.2, 0.25) is 0 Å². The molecule has 2 nitrogen and oxygen atoms in total. The maximum atomic E-state index is 11.8. The standard InChI is InChI=1S/C15H23NO/c1-3-4-8-11-16(2)13-15(17)12-14-9-6-5-7-10-14/h5-7,9-10H,3-4,8,11-13H2,1-2H3. The Bertz CT molecular complexity index is 321. The second-order valence-electron chi connectivity index (χ2n) is 4.65. The number of rotatable bonds is 8. The molecule has 0 aromatic heterocycles. The Morgan fingerprint density at radius 3 is 2.53 bits per heavy atom. The van der Waals surface area contributed by atoms with Gasteiger partial charge in [0.25, 0.3) is 0 Å². The van der Waals surface area contributed by atoms with Crippen molar-refractivity contribution in [2.24, 2.45) is 0 Å². The Kier molecular flexibility index (Phi) is 6.56. The minimum Gasteiger partial charge on any atom is -0.299 e. The summed E-state index contributed by atoms with van der Waals surface area (Å²) in [6.07, 6.45) is 4.22. The Balaban J connectivity index is 2.25. The molecule has 0 saturated carbocycles. The van der Waals surface area contributed by atoms with Gasteiger partial charge in [-0.2, -0.15) is 0 Å². The van der Waals surface area contributed by atoms with Crippen molar-refractivity contribution in [3.8, 4) is 0 Å². The average Bonchev–Trinajstić information content (AvgIpc) is 2.30. The van der Waals surface area contributed by atoms with E-state index in [-0.39, 0.29) is 0 Å². The lowest BCUT2D eigenvalue weighted by atomic mass is 10.1. The first-order valence-electron chi connectivity index (χ1n) is 6.46. The zero-order chi connectivity index (χ0) is 12.5. The summed E-state index contributed by atoms with van der Waals surface area (Å²) >= 11 is 0. The van der Waals surface area contributed by atoms with Crippen molar-refractivity contribution in [2.45, 2.75) is 32.6 Å². The first kappa shape index (κ1) is 13.9. The van der Waals surface area contributed by atoms with Gasteiger partial charge in [-0.15, -0.1) is 0 Å². The van der Waals surface area contributed by atoms with Crippen molar-refractivity contribution in [1.82, 2.24) is 4.90 Å². The van der Waals surface area contributed by atoms with Gasteiger partial charge in [-0.05, 0) is 25.6 Å². The van der Waals surface area contributed by atoms with Crippen LogP contribution in [-0.4, -0.2) is 30.8 Å². The molecule has 0 aliphatic carbocycles. The topological polar surface area (TPSA) is 20.3 Å². The molecular formula is C15H23NO. The molecule has 0 amide bonds. The zero-order valence-corrected chi connectivity index (χ0v) is 11.0. The maximum absolute atomic E-state index is 11.8. The van der Waals surface area contributed by atoms with Crippen molar-refractivity contribution in [1.29, 1.82) is 0 Å². The van der Waals surface area contributed by atoms with E-state index in [9.17, 15) is 4.79 Å². The van der Waals surface area contributed by atoms with Gasteiger partial charge in [0.1, 0.15) is 0 Å². The second-order valence-corrected chi connectivity index (χ2v) is 4.65. The molecule has 0 fully saturated rings. The van der Waals surface area contributed by atoms with E-state index in [1.165, 1.54) is 19.3 Å². The normalized spacial score (nSPS) is 10.8. The fourth-order valence-corrected chi connectivity index (χ4v) is 1.89. The first-order valence-corrected chi connectivity index (χ1v) is 6.46. The summed E-state index contributed by atoms with van der Waals surface area (Å²) in [6, 6.07) is 9.95. The molecule has 0 N–H and O–H groups in total. The molecule has 1 rings (SSSR count). The lowest BCUT2D eigenvalue weighted by molar-refractivity contribution is -0.119. The number of hydrogen-bond acceptors (Lipinski definition) is 2. The fourth-order valence-electron chi connectivity index (χ4n) is 1.89. The predicted octanol–water partition coefficient (Wildman–Crippen LogP) is 2.92. The monoisotopic (exact) mass is 233 g/mol. The quantitative estimate of drug-likeness (QED) is 0.643. The van der Waals surface area contributed by atoms with Crippen molar-refractivity contribution in [3.63, 3.8) is 0 Å². The van der Waals surface area contributed by atoms with E-state index < -0.39 is 0 Å². The molecule has 0 unspecified atom stereocenters. The van der Waals surface area contributed by atoms with Gasteiger partial charge in [0.15, 0.2) is 5.78 Å². The van der Waals surface area contributed by atoms with Crippen LogP contribution in [0.15, 0.2) is 30.3 Å². The van der Waals surface area contributed by atoms with E-state index >= 15 is 0 Å².